The molecule has 0 spiro atoms. The van der Waals surface area contributed by atoms with Crippen LogP contribution in [0.1, 0.15) is 18.4 Å². The fourth-order valence-electron chi connectivity index (χ4n) is 3.42. The van der Waals surface area contributed by atoms with E-state index in [0.29, 0.717) is 50.6 Å². The van der Waals surface area contributed by atoms with Crippen LogP contribution >= 0.6 is 0 Å². The van der Waals surface area contributed by atoms with Gasteiger partial charge in [0, 0.05) is 31.5 Å². The number of sulfonamides is 1. The largest absolute Gasteiger partial charge is 0.486 e. The lowest BCUT2D eigenvalue weighted by Gasteiger charge is -2.24. The van der Waals surface area contributed by atoms with Crippen LogP contribution in [0.3, 0.4) is 0 Å². The highest BCUT2D eigenvalue weighted by Crippen LogP contribution is 2.34. The van der Waals surface area contributed by atoms with E-state index in [0.717, 1.165) is 5.56 Å². The molecule has 2 aliphatic heterocycles. The van der Waals surface area contributed by atoms with E-state index in [2.05, 4.69) is 10.3 Å². The monoisotopic (exact) mass is 403 g/mol. The summed E-state index contributed by atoms with van der Waals surface area (Å²) in [5.74, 6) is 0.629. The Balaban J connectivity index is 1.51. The summed E-state index contributed by atoms with van der Waals surface area (Å²) in [7, 11) is -3.82. The van der Waals surface area contributed by atoms with Crippen LogP contribution < -0.4 is 14.8 Å². The Kier molecular flexibility index (Phi) is 5.19. The van der Waals surface area contributed by atoms with Gasteiger partial charge in [-0.15, -0.1) is 0 Å². The van der Waals surface area contributed by atoms with Crippen LogP contribution in [0.2, 0.25) is 0 Å². The zero-order valence-electron chi connectivity index (χ0n) is 15.2. The van der Waals surface area contributed by atoms with Crippen molar-refractivity contribution in [3.05, 3.63) is 48.3 Å². The van der Waals surface area contributed by atoms with E-state index >= 15 is 0 Å². The Hall–Kier alpha value is -2.65. The molecule has 1 aromatic heterocycles. The van der Waals surface area contributed by atoms with Crippen molar-refractivity contribution < 1.29 is 22.7 Å². The molecular formula is C19H21N3O5S. The maximum absolute atomic E-state index is 13.1. The molecule has 28 heavy (non-hydrogen) atoms. The average Bonchev–Trinajstić information content (AvgIpc) is 3.23. The summed E-state index contributed by atoms with van der Waals surface area (Å²) in [6.07, 6.45) is 4.44. The Labute approximate surface area is 163 Å². The number of pyridine rings is 1. The van der Waals surface area contributed by atoms with E-state index in [-0.39, 0.29) is 10.8 Å². The quantitative estimate of drug-likeness (QED) is 0.809. The van der Waals surface area contributed by atoms with Gasteiger partial charge in [-0.3, -0.25) is 9.78 Å². The molecule has 4 rings (SSSR count). The summed E-state index contributed by atoms with van der Waals surface area (Å²) in [5, 5.41) is 2.81. The second kappa shape index (κ2) is 7.76. The fraction of sp³-hybridized carbons (Fsp3) is 0.368. The molecule has 1 saturated heterocycles. The van der Waals surface area contributed by atoms with E-state index in [1.165, 1.54) is 16.4 Å². The van der Waals surface area contributed by atoms with Crippen molar-refractivity contribution in [2.75, 3.05) is 19.8 Å². The summed E-state index contributed by atoms with van der Waals surface area (Å²) < 4.78 is 38.5. The highest BCUT2D eigenvalue weighted by atomic mass is 32.2. The van der Waals surface area contributed by atoms with Crippen LogP contribution in [0.4, 0.5) is 0 Å². The first-order chi connectivity index (χ1) is 13.6. The number of aromatic nitrogens is 1. The number of carbonyl (C=O) groups is 1. The number of ether oxygens (including phenoxy) is 2. The zero-order chi connectivity index (χ0) is 19.6. The summed E-state index contributed by atoms with van der Waals surface area (Å²) in [4.78, 5) is 16.8. The van der Waals surface area contributed by atoms with Crippen LogP contribution in [0.5, 0.6) is 11.5 Å². The van der Waals surface area contributed by atoms with Crippen LogP contribution in [0, 0.1) is 0 Å². The van der Waals surface area contributed by atoms with Crippen LogP contribution in [0.25, 0.3) is 0 Å². The number of nitrogens with one attached hydrogen (secondary N) is 1. The predicted octanol–water partition coefficient (Wildman–Crippen LogP) is 1.32. The van der Waals surface area contributed by atoms with Gasteiger partial charge in [-0.25, -0.2) is 8.42 Å². The second-order valence-corrected chi connectivity index (χ2v) is 8.55. The van der Waals surface area contributed by atoms with Gasteiger partial charge in [0.2, 0.25) is 15.9 Å². The molecule has 8 nitrogen and oxygen atoms in total. The van der Waals surface area contributed by atoms with Crippen molar-refractivity contribution >= 4 is 15.9 Å². The fourth-order valence-corrected chi connectivity index (χ4v) is 5.09. The van der Waals surface area contributed by atoms with Gasteiger partial charge in [0.15, 0.2) is 11.5 Å². The third kappa shape index (κ3) is 3.67. The molecule has 1 unspecified atom stereocenters. The summed E-state index contributed by atoms with van der Waals surface area (Å²) in [5.41, 5.74) is 0.857. The number of hydrogen-bond donors (Lipinski definition) is 1. The van der Waals surface area contributed by atoms with Crippen LogP contribution in [-0.2, 0) is 21.4 Å². The summed E-state index contributed by atoms with van der Waals surface area (Å²) in [6.45, 7) is 1.42. The standard InChI is InChI=1S/C19H21N3O5S/c23-19(21-13-14-3-1-7-20-12-14)16-4-2-8-22(16)28(24,25)15-5-6-17-18(11-15)27-10-9-26-17/h1,3,5-7,11-12,16H,2,4,8-10,13H2,(H,21,23). The first-order valence-electron chi connectivity index (χ1n) is 9.14. The third-order valence-corrected chi connectivity index (χ3v) is 6.72. The first-order valence-corrected chi connectivity index (χ1v) is 10.6. The Morgan fingerprint density at radius 2 is 2.04 bits per heavy atom. The smallest absolute Gasteiger partial charge is 0.243 e. The molecule has 148 valence electrons. The molecule has 1 fully saturated rings. The van der Waals surface area contributed by atoms with Crippen molar-refractivity contribution in [1.82, 2.24) is 14.6 Å². The van der Waals surface area contributed by atoms with Gasteiger partial charge in [0.25, 0.3) is 0 Å². The lowest BCUT2D eigenvalue weighted by atomic mass is 10.2. The molecule has 1 atom stereocenters. The molecule has 2 aromatic rings. The van der Waals surface area contributed by atoms with E-state index in [4.69, 9.17) is 9.47 Å². The molecule has 1 aromatic carbocycles. The predicted molar refractivity (Wildman–Crippen MR) is 100 cm³/mol. The Morgan fingerprint density at radius 3 is 2.82 bits per heavy atom. The minimum Gasteiger partial charge on any atom is -0.486 e. The highest BCUT2D eigenvalue weighted by molar-refractivity contribution is 7.89. The molecule has 0 bridgehead atoms. The van der Waals surface area contributed by atoms with Crippen molar-refractivity contribution in [2.45, 2.75) is 30.3 Å². The maximum Gasteiger partial charge on any atom is 0.243 e. The average molecular weight is 403 g/mol. The van der Waals surface area contributed by atoms with Gasteiger partial charge in [0.05, 0.1) is 4.90 Å². The Morgan fingerprint density at radius 1 is 1.21 bits per heavy atom. The van der Waals surface area contributed by atoms with E-state index in [9.17, 15) is 13.2 Å². The molecule has 0 radical (unpaired) electrons. The second-order valence-electron chi connectivity index (χ2n) is 6.66. The van der Waals surface area contributed by atoms with Gasteiger partial charge in [0.1, 0.15) is 19.3 Å². The lowest BCUT2D eigenvalue weighted by Crippen LogP contribution is -2.45. The number of benzene rings is 1. The first kappa shape index (κ1) is 18.7. The van der Waals surface area contributed by atoms with Crippen molar-refractivity contribution in [1.29, 1.82) is 0 Å². The summed E-state index contributed by atoms with van der Waals surface area (Å²) in [6, 6.07) is 7.46. The van der Waals surface area contributed by atoms with Crippen molar-refractivity contribution in [2.24, 2.45) is 0 Å². The molecule has 9 heteroatoms. The molecule has 0 aliphatic carbocycles. The minimum absolute atomic E-state index is 0.101. The van der Waals surface area contributed by atoms with Crippen LogP contribution in [-0.4, -0.2) is 49.4 Å². The van der Waals surface area contributed by atoms with Gasteiger partial charge >= 0.3 is 0 Å². The normalized spacial score (nSPS) is 19.4. The number of hydrogen-bond acceptors (Lipinski definition) is 6. The topological polar surface area (TPSA) is 97.8 Å². The van der Waals surface area contributed by atoms with Gasteiger partial charge in [-0.1, -0.05) is 6.07 Å². The van der Waals surface area contributed by atoms with Gasteiger partial charge in [-0.05, 0) is 36.6 Å². The van der Waals surface area contributed by atoms with Crippen molar-refractivity contribution in [3.8, 4) is 11.5 Å². The number of nitrogens with zero attached hydrogens (tertiary/aromatic N) is 2. The van der Waals surface area contributed by atoms with E-state index in [1.807, 2.05) is 6.07 Å². The lowest BCUT2D eigenvalue weighted by molar-refractivity contribution is -0.124. The molecular weight excluding hydrogens is 382 g/mol. The molecule has 3 heterocycles. The van der Waals surface area contributed by atoms with Crippen molar-refractivity contribution in [3.63, 3.8) is 0 Å². The van der Waals surface area contributed by atoms with E-state index in [1.54, 1.807) is 24.5 Å². The molecule has 1 amide bonds. The third-order valence-electron chi connectivity index (χ3n) is 4.82. The highest BCUT2D eigenvalue weighted by Gasteiger charge is 2.39. The Bertz CT molecular complexity index is 965. The minimum atomic E-state index is -3.82. The maximum atomic E-state index is 13.1. The molecule has 1 N–H and O–H groups in total. The summed E-state index contributed by atoms with van der Waals surface area (Å²) >= 11 is 0. The number of carbonyl (C=O) groups excluding carboxylic acids is 1. The molecule has 0 saturated carbocycles. The van der Waals surface area contributed by atoms with Gasteiger partial charge in [-0.2, -0.15) is 4.31 Å². The number of amides is 1. The number of fused-ring (bicyclic) bond motifs is 1. The van der Waals surface area contributed by atoms with E-state index < -0.39 is 16.1 Å². The molecule has 2 aliphatic rings. The zero-order valence-corrected chi connectivity index (χ0v) is 16.0. The van der Waals surface area contributed by atoms with Crippen LogP contribution in [0.15, 0.2) is 47.6 Å². The van der Waals surface area contributed by atoms with Gasteiger partial charge < -0.3 is 14.8 Å². The SMILES string of the molecule is O=C(NCc1cccnc1)C1CCCN1S(=O)(=O)c1ccc2c(c1)OCCO2. The number of rotatable bonds is 5.